The Kier molecular flexibility index (Phi) is 4.45. The molecule has 1 saturated carbocycles. The fourth-order valence-electron chi connectivity index (χ4n) is 3.35. The number of thiazole rings is 1. The van der Waals surface area contributed by atoms with Gasteiger partial charge in [-0.25, -0.2) is 0 Å². The van der Waals surface area contributed by atoms with Crippen molar-refractivity contribution in [2.45, 2.75) is 43.3 Å². The zero-order valence-corrected chi connectivity index (χ0v) is 15.3. The minimum Gasteiger partial charge on any atom is -0.342 e. The Hall–Kier alpha value is -1.60. The smallest absolute Gasteiger partial charge is 0.233 e. The molecule has 7 heteroatoms. The first kappa shape index (κ1) is 15.9. The number of carbonyl (C=O) groups is 1. The largest absolute Gasteiger partial charge is 0.342 e. The number of benzene rings is 1. The van der Waals surface area contributed by atoms with Gasteiger partial charge in [-0.15, -0.1) is 10.2 Å². The SMILES string of the molecule is CN(C(=O)CSc1nnc2sc3ccccc3n12)C1CCCCC1. The minimum absolute atomic E-state index is 0.184. The maximum Gasteiger partial charge on any atom is 0.233 e. The van der Waals surface area contributed by atoms with Crippen LogP contribution in [0, 0.1) is 0 Å². The van der Waals surface area contributed by atoms with E-state index >= 15 is 0 Å². The average molecular weight is 361 g/mol. The number of hydrogen-bond acceptors (Lipinski definition) is 5. The van der Waals surface area contributed by atoms with Crippen LogP contribution < -0.4 is 0 Å². The van der Waals surface area contributed by atoms with Crippen LogP contribution in [0.25, 0.3) is 15.2 Å². The molecule has 0 spiro atoms. The standard InChI is InChI=1S/C17H20N4OS2/c1-20(12-7-3-2-4-8-12)15(22)11-23-16-18-19-17-21(16)13-9-5-6-10-14(13)24-17/h5-6,9-10,12H,2-4,7-8,11H2,1H3. The van der Waals surface area contributed by atoms with Crippen molar-refractivity contribution in [2.24, 2.45) is 0 Å². The third-order valence-electron chi connectivity index (χ3n) is 4.75. The summed E-state index contributed by atoms with van der Waals surface area (Å²) < 4.78 is 3.24. The minimum atomic E-state index is 0.184. The van der Waals surface area contributed by atoms with Crippen LogP contribution in [0.5, 0.6) is 0 Å². The van der Waals surface area contributed by atoms with Gasteiger partial charge in [0.1, 0.15) is 0 Å². The molecule has 2 aromatic heterocycles. The number of fused-ring (bicyclic) bond motifs is 3. The lowest BCUT2D eigenvalue weighted by molar-refractivity contribution is -0.129. The van der Waals surface area contributed by atoms with Gasteiger partial charge in [-0.1, -0.05) is 54.5 Å². The normalized spacial score (nSPS) is 16.0. The Morgan fingerprint density at radius 2 is 2.08 bits per heavy atom. The first-order valence-electron chi connectivity index (χ1n) is 8.35. The molecule has 3 aromatic rings. The van der Waals surface area contributed by atoms with E-state index in [4.69, 9.17) is 0 Å². The number of aromatic nitrogens is 3. The molecule has 2 heterocycles. The molecule has 1 amide bonds. The van der Waals surface area contributed by atoms with Gasteiger partial charge in [0.2, 0.25) is 10.9 Å². The zero-order chi connectivity index (χ0) is 16.5. The molecule has 0 atom stereocenters. The fourth-order valence-corrected chi connectivity index (χ4v) is 5.24. The Morgan fingerprint density at radius 3 is 2.92 bits per heavy atom. The summed E-state index contributed by atoms with van der Waals surface area (Å²) in [4.78, 5) is 15.3. The van der Waals surface area contributed by atoms with Gasteiger partial charge >= 0.3 is 0 Å². The van der Waals surface area contributed by atoms with Gasteiger partial charge in [-0.2, -0.15) is 0 Å². The topological polar surface area (TPSA) is 50.5 Å². The van der Waals surface area contributed by atoms with Gasteiger partial charge in [-0.05, 0) is 25.0 Å². The summed E-state index contributed by atoms with van der Waals surface area (Å²) in [6, 6.07) is 8.62. The van der Waals surface area contributed by atoms with Gasteiger partial charge in [0.05, 0.1) is 16.0 Å². The Balaban J connectivity index is 1.49. The molecule has 0 N–H and O–H groups in total. The lowest BCUT2D eigenvalue weighted by Crippen LogP contribution is -2.39. The molecule has 1 aliphatic carbocycles. The summed E-state index contributed by atoms with van der Waals surface area (Å²) in [6.45, 7) is 0. The number of amides is 1. The summed E-state index contributed by atoms with van der Waals surface area (Å²) in [5, 5.41) is 9.32. The van der Waals surface area contributed by atoms with Crippen molar-refractivity contribution in [3.63, 3.8) is 0 Å². The van der Waals surface area contributed by atoms with E-state index in [9.17, 15) is 4.79 Å². The van der Waals surface area contributed by atoms with Crippen LogP contribution in [0.1, 0.15) is 32.1 Å². The fraction of sp³-hybridized carbons (Fsp3) is 0.471. The van der Waals surface area contributed by atoms with E-state index < -0.39 is 0 Å². The molecule has 5 nitrogen and oxygen atoms in total. The van der Waals surface area contributed by atoms with Crippen molar-refractivity contribution in [1.82, 2.24) is 19.5 Å². The number of hydrogen-bond donors (Lipinski definition) is 0. The lowest BCUT2D eigenvalue weighted by atomic mass is 9.94. The van der Waals surface area contributed by atoms with Crippen LogP contribution in [0.3, 0.4) is 0 Å². The first-order valence-corrected chi connectivity index (χ1v) is 10.2. The van der Waals surface area contributed by atoms with E-state index in [2.05, 4.69) is 26.7 Å². The van der Waals surface area contributed by atoms with E-state index in [1.54, 1.807) is 11.3 Å². The Labute approximate surface area is 149 Å². The number of nitrogens with zero attached hydrogens (tertiary/aromatic N) is 4. The van der Waals surface area contributed by atoms with E-state index in [0.717, 1.165) is 28.5 Å². The van der Waals surface area contributed by atoms with Crippen LogP contribution in [-0.2, 0) is 4.79 Å². The molecule has 0 saturated heterocycles. The summed E-state index contributed by atoms with van der Waals surface area (Å²) >= 11 is 3.11. The van der Waals surface area contributed by atoms with Crippen molar-refractivity contribution in [3.8, 4) is 0 Å². The number of carbonyl (C=O) groups excluding carboxylic acids is 1. The summed E-state index contributed by atoms with van der Waals surface area (Å²) in [7, 11) is 1.94. The van der Waals surface area contributed by atoms with Gasteiger partial charge < -0.3 is 4.90 Å². The van der Waals surface area contributed by atoms with E-state index in [0.29, 0.717) is 11.8 Å². The first-order chi connectivity index (χ1) is 11.7. The Bertz CT molecular complexity index is 866. The zero-order valence-electron chi connectivity index (χ0n) is 13.6. The van der Waals surface area contributed by atoms with Crippen LogP contribution >= 0.6 is 23.1 Å². The van der Waals surface area contributed by atoms with Crippen LogP contribution in [-0.4, -0.2) is 44.2 Å². The number of rotatable bonds is 4. The van der Waals surface area contributed by atoms with Gasteiger partial charge in [0, 0.05) is 13.1 Å². The van der Waals surface area contributed by atoms with Crippen LogP contribution in [0.4, 0.5) is 0 Å². The number of para-hydroxylation sites is 1. The molecule has 24 heavy (non-hydrogen) atoms. The van der Waals surface area contributed by atoms with Crippen molar-refractivity contribution in [1.29, 1.82) is 0 Å². The molecule has 4 rings (SSSR count). The molecule has 1 fully saturated rings. The lowest BCUT2D eigenvalue weighted by Gasteiger charge is -2.31. The molecule has 0 aliphatic heterocycles. The highest BCUT2D eigenvalue weighted by atomic mass is 32.2. The van der Waals surface area contributed by atoms with Crippen molar-refractivity contribution in [2.75, 3.05) is 12.8 Å². The Morgan fingerprint density at radius 1 is 1.29 bits per heavy atom. The molecular weight excluding hydrogens is 340 g/mol. The second-order valence-corrected chi connectivity index (χ2v) is 8.21. The van der Waals surface area contributed by atoms with Crippen LogP contribution in [0.15, 0.2) is 29.4 Å². The summed E-state index contributed by atoms with van der Waals surface area (Å²) in [6.07, 6.45) is 6.05. The van der Waals surface area contributed by atoms with Crippen LogP contribution in [0.2, 0.25) is 0 Å². The highest BCUT2D eigenvalue weighted by molar-refractivity contribution is 7.99. The van der Waals surface area contributed by atoms with Crippen molar-refractivity contribution < 1.29 is 4.79 Å². The highest BCUT2D eigenvalue weighted by Crippen LogP contribution is 2.30. The van der Waals surface area contributed by atoms with Gasteiger partial charge in [0.25, 0.3) is 0 Å². The molecule has 126 valence electrons. The van der Waals surface area contributed by atoms with E-state index in [1.807, 2.05) is 24.1 Å². The summed E-state index contributed by atoms with van der Waals surface area (Å²) in [5.41, 5.74) is 1.11. The van der Waals surface area contributed by atoms with Gasteiger partial charge in [-0.3, -0.25) is 9.20 Å². The van der Waals surface area contributed by atoms with E-state index in [-0.39, 0.29) is 5.91 Å². The quantitative estimate of drug-likeness (QED) is 0.664. The second kappa shape index (κ2) is 6.72. The monoisotopic (exact) mass is 360 g/mol. The molecule has 0 bridgehead atoms. The molecule has 0 unspecified atom stereocenters. The second-order valence-electron chi connectivity index (χ2n) is 6.26. The third-order valence-corrected chi connectivity index (χ3v) is 6.68. The third kappa shape index (κ3) is 2.91. The highest BCUT2D eigenvalue weighted by Gasteiger charge is 2.22. The maximum atomic E-state index is 12.5. The molecule has 0 radical (unpaired) electrons. The maximum absolute atomic E-state index is 12.5. The molecule has 1 aromatic carbocycles. The van der Waals surface area contributed by atoms with E-state index in [1.165, 1.54) is 35.7 Å². The molecular formula is C17H20N4OS2. The van der Waals surface area contributed by atoms with Crippen molar-refractivity contribution >= 4 is 44.2 Å². The summed E-state index contributed by atoms with van der Waals surface area (Å²) in [5.74, 6) is 0.598. The van der Waals surface area contributed by atoms with Crippen molar-refractivity contribution in [3.05, 3.63) is 24.3 Å². The van der Waals surface area contributed by atoms with Gasteiger partial charge in [0.15, 0.2) is 5.16 Å². The number of thioether (sulfide) groups is 1. The molecule has 1 aliphatic rings. The predicted octanol–water partition coefficient (Wildman–Crippen LogP) is 3.83. The predicted molar refractivity (Wildman–Crippen MR) is 98.7 cm³/mol. The average Bonchev–Trinajstić information content (AvgIpc) is 3.19.